The zero-order chi connectivity index (χ0) is 11.3. The van der Waals surface area contributed by atoms with Crippen molar-refractivity contribution in [1.82, 2.24) is 0 Å². The van der Waals surface area contributed by atoms with Crippen molar-refractivity contribution < 1.29 is 4.92 Å². The first kappa shape index (κ1) is 9.78. The van der Waals surface area contributed by atoms with Crippen molar-refractivity contribution in [1.29, 1.82) is 0 Å². The minimum Gasteiger partial charge on any atom is -0.258 e. The lowest BCUT2D eigenvalue weighted by Crippen LogP contribution is -1.90. The highest BCUT2D eigenvalue weighted by Crippen LogP contribution is 2.43. The Hall–Kier alpha value is -1.42. The summed E-state index contributed by atoms with van der Waals surface area (Å²) in [6.45, 7) is 0. The number of nitro groups is 1. The number of alkyl halides is 1. The average Bonchev–Trinajstić information content (AvgIpc) is 2.58. The van der Waals surface area contributed by atoms with Crippen LogP contribution in [-0.4, -0.2) is 4.92 Å². The van der Waals surface area contributed by atoms with Crippen LogP contribution in [0.1, 0.15) is 16.0 Å². The topological polar surface area (TPSA) is 43.1 Å². The van der Waals surface area contributed by atoms with Crippen molar-refractivity contribution >= 4 is 32.4 Å². The second-order valence-electron chi connectivity index (χ2n) is 3.94. The molecule has 0 spiro atoms. The van der Waals surface area contributed by atoms with E-state index in [0.29, 0.717) is 0 Å². The van der Waals surface area contributed by atoms with E-state index in [4.69, 9.17) is 0 Å². The Morgan fingerprint density at radius 2 is 2.12 bits per heavy atom. The predicted octanol–water partition coefficient (Wildman–Crippen LogP) is 3.74. The molecule has 0 heterocycles. The molecule has 3 rings (SSSR count). The van der Waals surface area contributed by atoms with Gasteiger partial charge in [-0.15, -0.1) is 0 Å². The molecule has 0 saturated heterocycles. The molecule has 0 aromatic heterocycles. The first-order chi connectivity index (χ1) is 7.68. The third-order valence-electron chi connectivity index (χ3n) is 3.07. The van der Waals surface area contributed by atoms with Crippen LogP contribution in [0.25, 0.3) is 10.8 Å². The fourth-order valence-electron chi connectivity index (χ4n) is 2.39. The second-order valence-corrected chi connectivity index (χ2v) is 5.05. The van der Waals surface area contributed by atoms with Gasteiger partial charge in [0.1, 0.15) is 0 Å². The molecule has 0 radical (unpaired) electrons. The molecule has 0 N–H and O–H groups in total. The van der Waals surface area contributed by atoms with E-state index in [2.05, 4.69) is 15.9 Å². The number of hydrogen-bond acceptors (Lipinski definition) is 2. The predicted molar refractivity (Wildman–Crippen MR) is 66.0 cm³/mol. The van der Waals surface area contributed by atoms with Crippen molar-refractivity contribution in [3.05, 3.63) is 51.6 Å². The molecule has 0 fully saturated rings. The van der Waals surface area contributed by atoms with Gasteiger partial charge in [-0.1, -0.05) is 34.1 Å². The largest absolute Gasteiger partial charge is 0.277 e. The van der Waals surface area contributed by atoms with Gasteiger partial charge < -0.3 is 0 Å². The summed E-state index contributed by atoms with van der Waals surface area (Å²) in [6, 6.07) is 9.21. The Morgan fingerprint density at radius 1 is 1.31 bits per heavy atom. The van der Waals surface area contributed by atoms with Crippen LogP contribution in [0.5, 0.6) is 0 Å². The highest BCUT2D eigenvalue weighted by molar-refractivity contribution is 9.09. The van der Waals surface area contributed by atoms with Crippen LogP contribution >= 0.6 is 15.9 Å². The van der Waals surface area contributed by atoms with Crippen molar-refractivity contribution in [3.63, 3.8) is 0 Å². The number of hydrogen-bond donors (Lipinski definition) is 0. The normalized spacial score (nSPS) is 17.9. The molecular formula is C12H8BrNO2. The smallest absolute Gasteiger partial charge is 0.258 e. The SMILES string of the molecule is O=[N+]([O-])c1ccc2c3c(cccc13)C(Br)C2. The Morgan fingerprint density at radius 3 is 2.88 bits per heavy atom. The van der Waals surface area contributed by atoms with E-state index in [0.717, 1.165) is 22.8 Å². The quantitative estimate of drug-likeness (QED) is 0.453. The molecule has 1 aliphatic carbocycles. The van der Waals surface area contributed by atoms with Gasteiger partial charge in [0.05, 0.1) is 10.3 Å². The lowest BCUT2D eigenvalue weighted by Gasteiger charge is -2.03. The maximum absolute atomic E-state index is 10.9. The number of non-ortho nitro benzene ring substituents is 1. The number of halogens is 1. The first-order valence-electron chi connectivity index (χ1n) is 5.01. The maximum Gasteiger partial charge on any atom is 0.277 e. The maximum atomic E-state index is 10.9. The minimum atomic E-state index is -0.315. The summed E-state index contributed by atoms with van der Waals surface area (Å²) in [5.41, 5.74) is 2.55. The molecule has 0 saturated carbocycles. The summed E-state index contributed by atoms with van der Waals surface area (Å²) in [5.74, 6) is 0. The van der Waals surface area contributed by atoms with E-state index >= 15 is 0 Å². The van der Waals surface area contributed by atoms with Crippen molar-refractivity contribution in [2.45, 2.75) is 11.2 Å². The molecule has 0 bridgehead atoms. The molecule has 2 aromatic rings. The van der Waals surface area contributed by atoms with Crippen molar-refractivity contribution in [3.8, 4) is 0 Å². The Balaban J connectivity index is 2.46. The summed E-state index contributed by atoms with van der Waals surface area (Å²) in [5, 5.41) is 12.7. The van der Waals surface area contributed by atoms with Crippen LogP contribution in [0.15, 0.2) is 30.3 Å². The van der Waals surface area contributed by atoms with Gasteiger partial charge in [0.25, 0.3) is 5.69 Å². The third-order valence-corrected chi connectivity index (χ3v) is 3.89. The lowest BCUT2D eigenvalue weighted by atomic mass is 10.0. The molecular weight excluding hydrogens is 270 g/mol. The Bertz CT molecular complexity index is 609. The van der Waals surface area contributed by atoms with E-state index in [1.54, 1.807) is 6.07 Å². The number of nitrogens with zero attached hydrogens (tertiary/aromatic N) is 1. The van der Waals surface area contributed by atoms with Gasteiger partial charge in [-0.3, -0.25) is 10.1 Å². The minimum absolute atomic E-state index is 0.196. The fraction of sp³-hybridized carbons (Fsp3) is 0.167. The van der Waals surface area contributed by atoms with Gasteiger partial charge in [-0.05, 0) is 29.0 Å². The molecule has 1 atom stereocenters. The zero-order valence-corrected chi connectivity index (χ0v) is 9.90. The van der Waals surface area contributed by atoms with Gasteiger partial charge in [0.15, 0.2) is 0 Å². The summed E-state index contributed by atoms with van der Waals surface area (Å²) >= 11 is 3.60. The van der Waals surface area contributed by atoms with Crippen LogP contribution in [0.2, 0.25) is 0 Å². The van der Waals surface area contributed by atoms with E-state index in [-0.39, 0.29) is 15.4 Å². The van der Waals surface area contributed by atoms with E-state index in [9.17, 15) is 10.1 Å². The summed E-state index contributed by atoms with van der Waals surface area (Å²) < 4.78 is 0. The fourth-order valence-corrected chi connectivity index (χ4v) is 3.12. The standard InChI is InChI=1S/C12H8BrNO2/c13-10-6-7-4-5-11(14(15)16)9-3-1-2-8(10)12(7)9/h1-5,10H,6H2. The second kappa shape index (κ2) is 3.28. The first-order valence-corrected chi connectivity index (χ1v) is 5.93. The Labute approximate surface area is 100 Å². The third kappa shape index (κ3) is 1.19. The van der Waals surface area contributed by atoms with Gasteiger partial charge in [-0.2, -0.15) is 0 Å². The van der Waals surface area contributed by atoms with Crippen LogP contribution in [0, 0.1) is 10.1 Å². The van der Waals surface area contributed by atoms with Gasteiger partial charge in [0, 0.05) is 10.9 Å². The van der Waals surface area contributed by atoms with Crippen molar-refractivity contribution in [2.75, 3.05) is 0 Å². The van der Waals surface area contributed by atoms with Crippen LogP contribution in [0.4, 0.5) is 5.69 Å². The number of benzene rings is 2. The molecule has 1 aliphatic rings. The molecule has 0 aliphatic heterocycles. The monoisotopic (exact) mass is 277 g/mol. The van der Waals surface area contributed by atoms with Crippen LogP contribution in [0.3, 0.4) is 0 Å². The highest BCUT2D eigenvalue weighted by atomic mass is 79.9. The molecule has 16 heavy (non-hydrogen) atoms. The molecule has 1 unspecified atom stereocenters. The number of nitro benzene ring substituents is 1. The molecule has 3 nitrogen and oxygen atoms in total. The highest BCUT2D eigenvalue weighted by Gasteiger charge is 2.25. The lowest BCUT2D eigenvalue weighted by molar-refractivity contribution is -0.383. The Kier molecular flexibility index (Phi) is 2.01. The molecule has 80 valence electrons. The molecule has 0 amide bonds. The number of rotatable bonds is 1. The van der Waals surface area contributed by atoms with Gasteiger partial charge in [-0.25, -0.2) is 0 Å². The zero-order valence-electron chi connectivity index (χ0n) is 8.31. The van der Waals surface area contributed by atoms with Gasteiger partial charge in [0.2, 0.25) is 0 Å². The van der Waals surface area contributed by atoms with Crippen LogP contribution < -0.4 is 0 Å². The summed E-state index contributed by atoms with van der Waals surface area (Å²) in [4.78, 5) is 10.9. The van der Waals surface area contributed by atoms with Gasteiger partial charge >= 0.3 is 0 Å². The van der Waals surface area contributed by atoms with E-state index in [1.807, 2.05) is 24.3 Å². The molecule has 4 heteroatoms. The van der Waals surface area contributed by atoms with E-state index < -0.39 is 0 Å². The van der Waals surface area contributed by atoms with E-state index in [1.165, 1.54) is 5.56 Å². The van der Waals surface area contributed by atoms with Crippen LogP contribution in [-0.2, 0) is 6.42 Å². The molecule has 2 aromatic carbocycles. The summed E-state index contributed by atoms with van der Waals surface area (Å²) in [7, 11) is 0. The van der Waals surface area contributed by atoms with Crippen molar-refractivity contribution in [2.24, 2.45) is 0 Å². The summed E-state index contributed by atoms with van der Waals surface area (Å²) in [6.07, 6.45) is 0.911. The average molecular weight is 278 g/mol.